The number of aromatic nitrogens is 3. The van der Waals surface area contributed by atoms with Gasteiger partial charge in [0.05, 0.1) is 25.1 Å². The van der Waals surface area contributed by atoms with E-state index >= 15 is 0 Å². The van der Waals surface area contributed by atoms with Crippen molar-refractivity contribution in [1.82, 2.24) is 19.5 Å². The second kappa shape index (κ2) is 7.81. The van der Waals surface area contributed by atoms with Crippen LogP contribution in [0.2, 0.25) is 0 Å². The lowest BCUT2D eigenvalue weighted by Crippen LogP contribution is -2.36. The van der Waals surface area contributed by atoms with E-state index in [-0.39, 0.29) is 0 Å². The van der Waals surface area contributed by atoms with Gasteiger partial charge in [0, 0.05) is 37.0 Å². The zero-order valence-electron chi connectivity index (χ0n) is 16.4. The zero-order chi connectivity index (χ0) is 18.9. The maximum absolute atomic E-state index is 5.47. The average Bonchev–Trinajstić information content (AvgIpc) is 3.34. The molecule has 148 valence electrons. The molecule has 0 saturated carbocycles. The second-order valence-electron chi connectivity index (χ2n) is 7.86. The van der Waals surface area contributed by atoms with Crippen molar-refractivity contribution in [3.8, 4) is 0 Å². The van der Waals surface area contributed by atoms with Crippen molar-refractivity contribution in [2.24, 2.45) is 0 Å². The molecule has 0 aromatic carbocycles. The molecule has 0 aliphatic carbocycles. The third kappa shape index (κ3) is 3.66. The van der Waals surface area contributed by atoms with Crippen LogP contribution < -0.4 is 4.90 Å². The highest BCUT2D eigenvalue weighted by Crippen LogP contribution is 2.28. The average molecular weight is 398 g/mol. The Balaban J connectivity index is 1.32. The number of nitrogens with zero attached hydrogens (tertiary/aromatic N) is 5. The predicted molar refractivity (Wildman–Crippen MR) is 112 cm³/mol. The highest BCUT2D eigenvalue weighted by Gasteiger charge is 2.25. The molecule has 5 rings (SSSR count). The minimum Gasteiger partial charge on any atom is -0.378 e. The molecule has 0 amide bonds. The SMILES string of the molecule is Cc1ccsc1CN1CCC[C@@H](c2nc3ccc(N4CCOCC4)cn3n2)C1. The van der Waals surface area contributed by atoms with Crippen molar-refractivity contribution in [2.45, 2.75) is 32.2 Å². The molecule has 0 N–H and O–H groups in total. The van der Waals surface area contributed by atoms with E-state index in [9.17, 15) is 0 Å². The monoisotopic (exact) mass is 397 g/mol. The predicted octanol–water partition coefficient (Wildman–Crippen LogP) is 3.32. The second-order valence-corrected chi connectivity index (χ2v) is 8.86. The number of likely N-dealkylation sites (tertiary alicyclic amines) is 1. The summed E-state index contributed by atoms with van der Waals surface area (Å²) in [6.45, 7) is 8.94. The Morgan fingerprint density at radius 1 is 1.18 bits per heavy atom. The molecule has 0 spiro atoms. The van der Waals surface area contributed by atoms with Crippen LogP contribution in [0.15, 0.2) is 29.8 Å². The molecule has 5 heterocycles. The van der Waals surface area contributed by atoms with Gasteiger partial charge in [-0.1, -0.05) is 0 Å². The molecule has 1 atom stereocenters. The van der Waals surface area contributed by atoms with Gasteiger partial charge in [-0.2, -0.15) is 5.10 Å². The van der Waals surface area contributed by atoms with E-state index in [2.05, 4.69) is 46.5 Å². The van der Waals surface area contributed by atoms with Gasteiger partial charge >= 0.3 is 0 Å². The van der Waals surface area contributed by atoms with Crippen molar-refractivity contribution < 1.29 is 4.74 Å². The van der Waals surface area contributed by atoms with Crippen molar-refractivity contribution in [3.63, 3.8) is 0 Å². The Morgan fingerprint density at radius 2 is 2.07 bits per heavy atom. The van der Waals surface area contributed by atoms with Crippen LogP contribution in [0, 0.1) is 6.92 Å². The van der Waals surface area contributed by atoms with Gasteiger partial charge in [-0.3, -0.25) is 4.90 Å². The number of rotatable bonds is 4. The number of hydrogen-bond donors (Lipinski definition) is 0. The Labute approximate surface area is 169 Å². The summed E-state index contributed by atoms with van der Waals surface area (Å²) in [6.07, 6.45) is 4.50. The highest BCUT2D eigenvalue weighted by atomic mass is 32.1. The summed E-state index contributed by atoms with van der Waals surface area (Å²) in [5.74, 6) is 1.41. The van der Waals surface area contributed by atoms with Crippen LogP contribution in [0.5, 0.6) is 0 Å². The minimum absolute atomic E-state index is 0.417. The first-order valence-corrected chi connectivity index (χ1v) is 11.1. The van der Waals surface area contributed by atoms with Gasteiger partial charge in [0.2, 0.25) is 0 Å². The largest absolute Gasteiger partial charge is 0.378 e. The number of anilines is 1. The molecule has 0 unspecified atom stereocenters. The van der Waals surface area contributed by atoms with Crippen LogP contribution in [0.4, 0.5) is 5.69 Å². The van der Waals surface area contributed by atoms with E-state index in [1.807, 2.05) is 15.9 Å². The van der Waals surface area contributed by atoms with Crippen LogP contribution in [-0.4, -0.2) is 58.9 Å². The fraction of sp³-hybridized carbons (Fsp3) is 0.524. The van der Waals surface area contributed by atoms with Crippen molar-refractivity contribution in [1.29, 1.82) is 0 Å². The topological polar surface area (TPSA) is 45.9 Å². The third-order valence-electron chi connectivity index (χ3n) is 5.91. The Bertz CT molecular complexity index is 945. The smallest absolute Gasteiger partial charge is 0.156 e. The van der Waals surface area contributed by atoms with Gasteiger partial charge in [0.25, 0.3) is 0 Å². The molecule has 3 aromatic heterocycles. The maximum Gasteiger partial charge on any atom is 0.156 e. The summed E-state index contributed by atoms with van der Waals surface area (Å²) in [5.41, 5.74) is 3.55. The van der Waals surface area contributed by atoms with Gasteiger partial charge in [0.1, 0.15) is 0 Å². The van der Waals surface area contributed by atoms with Crippen LogP contribution in [0.1, 0.15) is 35.0 Å². The van der Waals surface area contributed by atoms with Crippen LogP contribution >= 0.6 is 11.3 Å². The lowest BCUT2D eigenvalue weighted by molar-refractivity contribution is 0.122. The molecule has 0 radical (unpaired) electrons. The van der Waals surface area contributed by atoms with Gasteiger partial charge in [-0.25, -0.2) is 9.50 Å². The van der Waals surface area contributed by atoms with Crippen molar-refractivity contribution in [3.05, 3.63) is 46.0 Å². The van der Waals surface area contributed by atoms with E-state index < -0.39 is 0 Å². The molecule has 2 aliphatic heterocycles. The summed E-state index contributed by atoms with van der Waals surface area (Å²) >= 11 is 1.87. The Kier molecular flexibility index (Phi) is 5.05. The standard InChI is InChI=1S/C21H27N5OS/c1-16-6-12-28-19(16)15-24-7-2-3-17(13-24)21-22-20-5-4-18(14-26(20)23-21)25-8-10-27-11-9-25/h4-6,12,14,17H,2-3,7-11,13,15H2,1H3/t17-/m1/s1. The van der Waals surface area contributed by atoms with E-state index in [4.69, 9.17) is 14.8 Å². The Hall–Kier alpha value is -1.96. The van der Waals surface area contributed by atoms with Gasteiger partial charge in [0.15, 0.2) is 11.5 Å². The fourth-order valence-corrected chi connectivity index (χ4v) is 5.20. The number of piperidine rings is 1. The maximum atomic E-state index is 5.47. The first kappa shape index (κ1) is 18.1. The molecular weight excluding hydrogens is 370 g/mol. The van der Waals surface area contributed by atoms with Crippen molar-refractivity contribution in [2.75, 3.05) is 44.3 Å². The molecule has 6 nitrogen and oxygen atoms in total. The quantitative estimate of drug-likeness (QED) is 0.676. The van der Waals surface area contributed by atoms with E-state index in [0.29, 0.717) is 5.92 Å². The van der Waals surface area contributed by atoms with E-state index in [1.165, 1.54) is 35.5 Å². The Morgan fingerprint density at radius 3 is 2.89 bits per heavy atom. The van der Waals surface area contributed by atoms with E-state index in [0.717, 1.165) is 50.9 Å². The van der Waals surface area contributed by atoms with Crippen molar-refractivity contribution >= 4 is 22.7 Å². The number of ether oxygens (including phenoxy) is 1. The highest BCUT2D eigenvalue weighted by molar-refractivity contribution is 7.10. The van der Waals surface area contributed by atoms with Gasteiger partial charge in [-0.15, -0.1) is 11.3 Å². The number of hydrogen-bond acceptors (Lipinski definition) is 6. The number of aryl methyl sites for hydroxylation is 1. The normalized spacial score (nSPS) is 21.5. The lowest BCUT2D eigenvalue weighted by atomic mass is 9.97. The van der Waals surface area contributed by atoms with Gasteiger partial charge in [-0.05, 0) is 55.5 Å². The molecule has 7 heteroatoms. The first-order valence-electron chi connectivity index (χ1n) is 10.2. The molecular formula is C21H27N5OS. The summed E-state index contributed by atoms with van der Waals surface area (Å²) in [7, 11) is 0. The molecule has 3 aromatic rings. The number of morpholine rings is 1. The summed E-state index contributed by atoms with van der Waals surface area (Å²) < 4.78 is 7.43. The fourth-order valence-electron chi connectivity index (χ4n) is 4.25. The molecule has 2 fully saturated rings. The molecule has 2 saturated heterocycles. The number of pyridine rings is 1. The molecule has 28 heavy (non-hydrogen) atoms. The minimum atomic E-state index is 0.417. The van der Waals surface area contributed by atoms with Crippen LogP contribution in [-0.2, 0) is 11.3 Å². The molecule has 0 bridgehead atoms. The number of thiophene rings is 1. The summed E-state index contributed by atoms with van der Waals surface area (Å²) in [5, 5.41) is 7.06. The first-order chi connectivity index (χ1) is 13.8. The number of fused-ring (bicyclic) bond motifs is 1. The summed E-state index contributed by atoms with van der Waals surface area (Å²) in [6, 6.07) is 6.47. The molecule has 2 aliphatic rings. The third-order valence-corrected chi connectivity index (χ3v) is 6.92. The van der Waals surface area contributed by atoms with Crippen LogP contribution in [0.25, 0.3) is 5.65 Å². The van der Waals surface area contributed by atoms with Crippen LogP contribution in [0.3, 0.4) is 0 Å². The lowest BCUT2D eigenvalue weighted by Gasteiger charge is -2.31. The van der Waals surface area contributed by atoms with E-state index in [1.54, 1.807) is 0 Å². The van der Waals surface area contributed by atoms with Gasteiger partial charge < -0.3 is 9.64 Å². The zero-order valence-corrected chi connectivity index (χ0v) is 17.2. The summed E-state index contributed by atoms with van der Waals surface area (Å²) in [4.78, 5) is 11.3.